The van der Waals surface area contributed by atoms with Crippen LogP contribution in [0.3, 0.4) is 0 Å². The molecule has 218 valence electrons. The van der Waals surface area contributed by atoms with Crippen molar-refractivity contribution in [2.24, 2.45) is 11.3 Å². The summed E-state index contributed by atoms with van der Waals surface area (Å²) in [4.78, 5) is 42.0. The third-order valence-electron chi connectivity index (χ3n) is 8.72. The van der Waals surface area contributed by atoms with Crippen molar-refractivity contribution in [3.05, 3.63) is 41.7 Å². The normalized spacial score (nSPS) is 18.1. The molecule has 1 aliphatic heterocycles. The molecule has 1 aliphatic carbocycles. The average Bonchev–Trinajstić information content (AvgIpc) is 3.51. The van der Waals surface area contributed by atoms with E-state index >= 15 is 0 Å². The van der Waals surface area contributed by atoms with Crippen LogP contribution < -0.4 is 15.4 Å². The molecule has 3 amide bonds. The standard InChI is InChI=1S/C30H44N6O4/c1-3-7-27(37)30(23-8-5-4-6-9-23)15-18-36(19-16-30)28(38)26(20-22-10-12-25(40-2)13-11-22)33-29(39)31-17-14-24-21-32-35-34-24/h10-13,21,23,26H,3-9,14-20H2,1-2H3,(H2,31,33,39)(H,32,34,35). The van der Waals surface area contributed by atoms with Crippen LogP contribution in [0.25, 0.3) is 0 Å². The predicted octanol–water partition coefficient (Wildman–Crippen LogP) is 3.82. The van der Waals surface area contributed by atoms with E-state index in [0.717, 1.165) is 36.3 Å². The highest BCUT2D eigenvalue weighted by atomic mass is 16.5. The number of benzene rings is 1. The van der Waals surface area contributed by atoms with Gasteiger partial charge in [0.15, 0.2) is 0 Å². The molecule has 1 aromatic carbocycles. The summed E-state index contributed by atoms with van der Waals surface area (Å²) in [5, 5.41) is 16.1. The van der Waals surface area contributed by atoms with Crippen LogP contribution in [0.1, 0.15) is 76.0 Å². The lowest BCUT2D eigenvalue weighted by molar-refractivity contribution is -0.144. The number of likely N-dealkylation sites (tertiary alicyclic amines) is 1. The quantitative estimate of drug-likeness (QED) is 0.367. The van der Waals surface area contributed by atoms with Gasteiger partial charge < -0.3 is 20.3 Å². The first-order valence-corrected chi connectivity index (χ1v) is 14.8. The minimum atomic E-state index is -0.728. The van der Waals surface area contributed by atoms with Crippen LogP contribution in [-0.2, 0) is 22.4 Å². The van der Waals surface area contributed by atoms with Gasteiger partial charge in [-0.2, -0.15) is 15.4 Å². The zero-order valence-corrected chi connectivity index (χ0v) is 23.9. The summed E-state index contributed by atoms with van der Waals surface area (Å²) >= 11 is 0. The first-order valence-electron chi connectivity index (χ1n) is 14.8. The maximum absolute atomic E-state index is 13.9. The lowest BCUT2D eigenvalue weighted by Crippen LogP contribution is -2.56. The number of ketones is 1. The molecule has 1 atom stereocenters. The van der Waals surface area contributed by atoms with Gasteiger partial charge in [0, 0.05) is 44.3 Å². The SMILES string of the molecule is CCCC(=O)C1(C2CCCCC2)CCN(C(=O)C(Cc2ccc(OC)cc2)NC(=O)NCCc2cn[nH]n2)CC1. The zero-order valence-electron chi connectivity index (χ0n) is 23.9. The largest absolute Gasteiger partial charge is 0.497 e. The smallest absolute Gasteiger partial charge is 0.315 e. The van der Waals surface area contributed by atoms with Crippen molar-refractivity contribution in [3.8, 4) is 5.75 Å². The van der Waals surface area contributed by atoms with E-state index in [-0.39, 0.29) is 11.3 Å². The highest BCUT2D eigenvalue weighted by Crippen LogP contribution is 2.47. The fourth-order valence-corrected chi connectivity index (χ4v) is 6.45. The maximum Gasteiger partial charge on any atom is 0.315 e. The molecule has 1 unspecified atom stereocenters. The molecule has 4 rings (SSSR count). The number of carbonyl (C=O) groups is 3. The Morgan fingerprint density at radius 2 is 1.85 bits per heavy atom. The maximum atomic E-state index is 13.9. The fourth-order valence-electron chi connectivity index (χ4n) is 6.45. The second kappa shape index (κ2) is 14.3. The highest BCUT2D eigenvalue weighted by Gasteiger charge is 2.47. The summed E-state index contributed by atoms with van der Waals surface area (Å²) in [6.07, 6.45) is 11.2. The average molecular weight is 553 g/mol. The summed E-state index contributed by atoms with van der Waals surface area (Å²) in [5.41, 5.74) is 1.36. The van der Waals surface area contributed by atoms with Gasteiger partial charge in [-0.05, 0) is 55.7 Å². The Morgan fingerprint density at radius 1 is 1.12 bits per heavy atom. The van der Waals surface area contributed by atoms with Crippen molar-refractivity contribution in [2.45, 2.75) is 83.6 Å². The fraction of sp³-hybridized carbons (Fsp3) is 0.633. The van der Waals surface area contributed by atoms with Crippen LogP contribution in [0.5, 0.6) is 5.75 Å². The van der Waals surface area contributed by atoms with Crippen molar-refractivity contribution in [1.29, 1.82) is 0 Å². The number of nitrogens with zero attached hydrogens (tertiary/aromatic N) is 3. The summed E-state index contributed by atoms with van der Waals surface area (Å²) in [6, 6.07) is 6.41. The number of ether oxygens (including phenoxy) is 1. The van der Waals surface area contributed by atoms with Crippen LogP contribution in [0, 0.1) is 11.3 Å². The van der Waals surface area contributed by atoms with E-state index in [0.29, 0.717) is 63.4 Å². The number of nitrogens with one attached hydrogen (secondary N) is 3. The number of aromatic nitrogens is 3. The molecule has 40 heavy (non-hydrogen) atoms. The number of rotatable bonds is 12. The summed E-state index contributed by atoms with van der Waals surface area (Å²) in [5.74, 6) is 1.43. The molecule has 1 aromatic heterocycles. The number of piperidine rings is 1. The third kappa shape index (κ3) is 7.40. The number of carbonyl (C=O) groups excluding carboxylic acids is 3. The number of hydrogen-bond donors (Lipinski definition) is 3. The number of amides is 3. The molecule has 0 spiro atoms. The Kier molecular flexibility index (Phi) is 10.5. The van der Waals surface area contributed by atoms with Gasteiger partial charge in [0.1, 0.15) is 17.6 Å². The Bertz CT molecular complexity index is 1090. The number of methoxy groups -OCH3 is 1. The van der Waals surface area contributed by atoms with E-state index in [9.17, 15) is 14.4 Å². The van der Waals surface area contributed by atoms with Crippen molar-refractivity contribution in [3.63, 3.8) is 0 Å². The van der Waals surface area contributed by atoms with Crippen LogP contribution >= 0.6 is 0 Å². The number of hydrogen-bond acceptors (Lipinski definition) is 6. The Hall–Kier alpha value is -3.43. The van der Waals surface area contributed by atoms with E-state index in [2.05, 4.69) is 33.0 Å². The molecule has 10 heteroatoms. The Balaban J connectivity index is 1.43. The van der Waals surface area contributed by atoms with Gasteiger partial charge in [-0.3, -0.25) is 9.59 Å². The Morgan fingerprint density at radius 3 is 2.48 bits per heavy atom. The number of Topliss-reactive ketones (excluding diaryl/α,β-unsaturated/α-hetero) is 1. The Labute approximate surface area is 237 Å². The van der Waals surface area contributed by atoms with Crippen molar-refractivity contribution in [1.82, 2.24) is 30.9 Å². The van der Waals surface area contributed by atoms with E-state index in [1.807, 2.05) is 29.2 Å². The highest BCUT2D eigenvalue weighted by molar-refractivity contribution is 5.88. The van der Waals surface area contributed by atoms with Crippen molar-refractivity contribution >= 4 is 17.7 Å². The predicted molar refractivity (Wildman–Crippen MR) is 152 cm³/mol. The van der Waals surface area contributed by atoms with Gasteiger partial charge in [-0.25, -0.2) is 4.79 Å². The van der Waals surface area contributed by atoms with E-state index in [1.165, 1.54) is 19.3 Å². The number of urea groups is 1. The topological polar surface area (TPSA) is 129 Å². The van der Waals surface area contributed by atoms with Gasteiger partial charge in [0.25, 0.3) is 0 Å². The lowest BCUT2D eigenvalue weighted by atomic mass is 9.61. The minimum absolute atomic E-state index is 0.109. The van der Waals surface area contributed by atoms with E-state index in [4.69, 9.17) is 4.74 Å². The van der Waals surface area contributed by atoms with Crippen LogP contribution in [0.15, 0.2) is 30.5 Å². The molecule has 1 saturated carbocycles. The molecule has 1 saturated heterocycles. The molecule has 2 aliphatic rings. The molecule has 2 heterocycles. The van der Waals surface area contributed by atoms with Gasteiger partial charge in [0.05, 0.1) is 19.0 Å². The lowest BCUT2D eigenvalue weighted by Gasteiger charge is -2.47. The monoisotopic (exact) mass is 552 g/mol. The van der Waals surface area contributed by atoms with E-state index in [1.54, 1.807) is 13.3 Å². The molecule has 10 nitrogen and oxygen atoms in total. The van der Waals surface area contributed by atoms with Gasteiger partial charge >= 0.3 is 6.03 Å². The first-order chi connectivity index (χ1) is 19.4. The summed E-state index contributed by atoms with van der Waals surface area (Å²) in [6.45, 7) is 3.52. The molecular formula is C30H44N6O4. The zero-order chi connectivity index (χ0) is 28.4. The van der Waals surface area contributed by atoms with Crippen LogP contribution in [0.4, 0.5) is 4.79 Å². The second-order valence-electron chi connectivity index (χ2n) is 11.2. The number of H-pyrrole nitrogens is 1. The van der Waals surface area contributed by atoms with Gasteiger partial charge in [-0.15, -0.1) is 0 Å². The summed E-state index contributed by atoms with van der Waals surface area (Å²) < 4.78 is 5.27. The molecule has 2 fully saturated rings. The van der Waals surface area contributed by atoms with Gasteiger partial charge in [0.2, 0.25) is 5.91 Å². The van der Waals surface area contributed by atoms with Crippen LogP contribution in [-0.4, -0.2) is 70.8 Å². The first kappa shape index (κ1) is 29.6. The summed E-state index contributed by atoms with van der Waals surface area (Å²) in [7, 11) is 1.61. The second-order valence-corrected chi connectivity index (χ2v) is 11.2. The molecule has 0 bridgehead atoms. The van der Waals surface area contributed by atoms with Crippen LogP contribution in [0.2, 0.25) is 0 Å². The molecule has 3 N–H and O–H groups in total. The number of aromatic amines is 1. The molecular weight excluding hydrogens is 508 g/mol. The van der Waals surface area contributed by atoms with Gasteiger partial charge in [-0.1, -0.05) is 38.3 Å². The minimum Gasteiger partial charge on any atom is -0.497 e. The molecule has 2 aromatic rings. The van der Waals surface area contributed by atoms with E-state index < -0.39 is 12.1 Å². The third-order valence-corrected chi connectivity index (χ3v) is 8.72. The molecule has 0 radical (unpaired) electrons. The van der Waals surface area contributed by atoms with Crippen molar-refractivity contribution in [2.75, 3.05) is 26.7 Å². The van der Waals surface area contributed by atoms with Crippen molar-refractivity contribution < 1.29 is 19.1 Å².